The lowest BCUT2D eigenvalue weighted by molar-refractivity contribution is -0.384. The summed E-state index contributed by atoms with van der Waals surface area (Å²) >= 11 is -0.371. The molecule has 1 aromatic carbocycles. The van der Waals surface area contributed by atoms with Crippen molar-refractivity contribution in [2.45, 2.75) is 5.51 Å². The number of thioether (sulfide) groups is 1. The number of halogens is 5. The van der Waals surface area contributed by atoms with Gasteiger partial charge in [0.2, 0.25) is 0 Å². The third-order valence-electron chi connectivity index (χ3n) is 1.94. The van der Waals surface area contributed by atoms with E-state index in [1.54, 1.807) is 0 Å². The monoisotopic (exact) mass is 302 g/mol. The third kappa shape index (κ3) is 4.54. The summed E-state index contributed by atoms with van der Waals surface area (Å²) in [5.41, 5.74) is -5.95. The van der Waals surface area contributed by atoms with Crippen LogP contribution in [0.4, 0.5) is 33.3 Å². The van der Waals surface area contributed by atoms with Gasteiger partial charge in [0, 0.05) is 18.4 Å². The second kappa shape index (κ2) is 6.04. The quantitative estimate of drug-likeness (QED) is 0.391. The van der Waals surface area contributed by atoms with Crippen LogP contribution in [0.15, 0.2) is 12.1 Å². The predicted molar refractivity (Wildman–Crippen MR) is 60.0 cm³/mol. The minimum atomic E-state index is -4.45. The number of anilines is 1. The molecule has 0 bridgehead atoms. The normalized spacial score (nSPS) is 11.4. The van der Waals surface area contributed by atoms with Gasteiger partial charge in [-0.1, -0.05) is 0 Å². The number of hydrogen-bond donors (Lipinski definition) is 1. The Balaban J connectivity index is 2.77. The number of nitro benzene ring substituents is 1. The SMILES string of the molecule is O=[N+]([O-])c1ccc(F)c(F)c1NCCSC(F)(F)F. The van der Waals surface area contributed by atoms with E-state index in [4.69, 9.17) is 0 Å². The molecule has 0 aliphatic rings. The molecule has 0 aliphatic carbocycles. The van der Waals surface area contributed by atoms with Gasteiger partial charge in [-0.25, -0.2) is 8.78 Å². The highest BCUT2D eigenvalue weighted by Gasteiger charge is 2.28. The van der Waals surface area contributed by atoms with Crippen LogP contribution in [0.5, 0.6) is 0 Å². The minimum Gasteiger partial charge on any atom is -0.376 e. The maximum Gasteiger partial charge on any atom is 0.441 e. The molecule has 0 saturated heterocycles. The predicted octanol–water partition coefficient (Wildman–Crippen LogP) is 3.54. The van der Waals surface area contributed by atoms with Gasteiger partial charge in [-0.3, -0.25) is 10.1 Å². The summed E-state index contributed by atoms with van der Waals surface area (Å²) in [5, 5.41) is 12.7. The smallest absolute Gasteiger partial charge is 0.376 e. The summed E-state index contributed by atoms with van der Waals surface area (Å²) in [6.45, 7) is -0.397. The Morgan fingerprint density at radius 3 is 2.47 bits per heavy atom. The first-order valence-electron chi connectivity index (χ1n) is 4.79. The van der Waals surface area contributed by atoms with E-state index in [-0.39, 0.29) is 11.8 Å². The van der Waals surface area contributed by atoms with Crippen molar-refractivity contribution in [2.24, 2.45) is 0 Å². The van der Waals surface area contributed by atoms with E-state index in [2.05, 4.69) is 5.32 Å². The zero-order valence-electron chi connectivity index (χ0n) is 9.13. The second-order valence-corrected chi connectivity index (χ2v) is 4.39. The Kier molecular flexibility index (Phi) is 4.92. The standard InChI is InChI=1S/C9H7F5N2O2S/c10-5-1-2-6(16(17)18)8(7(5)11)15-3-4-19-9(12,13)14/h1-2,15H,3-4H2. The molecule has 0 saturated carbocycles. The number of alkyl halides is 3. The third-order valence-corrected chi connectivity index (χ3v) is 2.67. The molecular formula is C9H7F5N2O2S. The highest BCUT2D eigenvalue weighted by Crippen LogP contribution is 2.31. The highest BCUT2D eigenvalue weighted by molar-refractivity contribution is 8.00. The molecule has 0 aromatic heterocycles. The van der Waals surface area contributed by atoms with Crippen molar-refractivity contribution >= 4 is 23.1 Å². The fraction of sp³-hybridized carbons (Fsp3) is 0.333. The van der Waals surface area contributed by atoms with Gasteiger partial charge in [0.15, 0.2) is 17.3 Å². The van der Waals surface area contributed by atoms with Crippen LogP contribution in [0.2, 0.25) is 0 Å². The van der Waals surface area contributed by atoms with Gasteiger partial charge >= 0.3 is 5.51 Å². The summed E-state index contributed by atoms with van der Waals surface area (Å²) in [6.07, 6.45) is 0. The zero-order chi connectivity index (χ0) is 14.6. The van der Waals surface area contributed by atoms with E-state index in [1.807, 2.05) is 0 Å². The summed E-state index contributed by atoms with van der Waals surface area (Å²) in [4.78, 5) is 9.61. The molecule has 19 heavy (non-hydrogen) atoms. The zero-order valence-corrected chi connectivity index (χ0v) is 9.95. The van der Waals surface area contributed by atoms with Crippen molar-refractivity contribution < 1.29 is 26.9 Å². The number of nitro groups is 1. The molecule has 0 amide bonds. The number of nitrogens with one attached hydrogen (secondary N) is 1. The van der Waals surface area contributed by atoms with Gasteiger partial charge in [0.05, 0.1) is 4.92 Å². The van der Waals surface area contributed by atoms with Crippen molar-refractivity contribution in [3.05, 3.63) is 33.9 Å². The van der Waals surface area contributed by atoms with Crippen molar-refractivity contribution in [3.63, 3.8) is 0 Å². The van der Waals surface area contributed by atoms with E-state index in [0.717, 1.165) is 6.07 Å². The van der Waals surface area contributed by atoms with Crippen molar-refractivity contribution in [1.82, 2.24) is 0 Å². The molecule has 0 spiro atoms. The first kappa shape index (κ1) is 15.5. The first-order valence-corrected chi connectivity index (χ1v) is 5.78. The summed E-state index contributed by atoms with van der Waals surface area (Å²) in [5.74, 6) is -3.31. The van der Waals surface area contributed by atoms with Gasteiger partial charge < -0.3 is 5.32 Å². The Labute approximate surface area is 108 Å². The molecule has 0 aliphatic heterocycles. The Hall–Kier alpha value is -1.58. The van der Waals surface area contributed by atoms with E-state index in [0.29, 0.717) is 6.07 Å². The summed E-state index contributed by atoms with van der Waals surface area (Å²) in [7, 11) is 0. The molecule has 4 nitrogen and oxygen atoms in total. The Morgan fingerprint density at radius 2 is 1.95 bits per heavy atom. The molecule has 0 fully saturated rings. The molecule has 1 rings (SSSR count). The molecule has 0 heterocycles. The second-order valence-electron chi connectivity index (χ2n) is 3.23. The molecular weight excluding hydrogens is 295 g/mol. The number of nitrogens with zero attached hydrogens (tertiary/aromatic N) is 1. The molecule has 1 aromatic rings. The average molecular weight is 302 g/mol. The van der Waals surface area contributed by atoms with Crippen LogP contribution >= 0.6 is 11.8 Å². The number of benzene rings is 1. The van der Waals surface area contributed by atoms with Crippen LogP contribution in [0.1, 0.15) is 0 Å². The number of hydrogen-bond acceptors (Lipinski definition) is 4. The summed E-state index contributed by atoms with van der Waals surface area (Å²) in [6, 6.07) is 1.31. The lowest BCUT2D eigenvalue weighted by Gasteiger charge is -2.09. The topological polar surface area (TPSA) is 55.2 Å². The number of rotatable bonds is 5. The fourth-order valence-corrected chi connectivity index (χ4v) is 1.64. The Morgan fingerprint density at radius 1 is 1.32 bits per heavy atom. The van der Waals surface area contributed by atoms with Gasteiger partial charge in [-0.2, -0.15) is 13.2 Å². The van der Waals surface area contributed by atoms with E-state index in [1.165, 1.54) is 0 Å². The van der Waals surface area contributed by atoms with Crippen molar-refractivity contribution in [3.8, 4) is 0 Å². The lowest BCUT2D eigenvalue weighted by atomic mass is 10.2. The van der Waals surface area contributed by atoms with E-state index >= 15 is 0 Å². The van der Waals surface area contributed by atoms with Crippen LogP contribution < -0.4 is 5.32 Å². The van der Waals surface area contributed by atoms with E-state index < -0.39 is 45.7 Å². The lowest BCUT2D eigenvalue weighted by Crippen LogP contribution is -2.12. The maximum atomic E-state index is 13.3. The van der Waals surface area contributed by atoms with Crippen LogP contribution in [-0.2, 0) is 0 Å². The highest BCUT2D eigenvalue weighted by atomic mass is 32.2. The molecule has 10 heteroatoms. The van der Waals surface area contributed by atoms with Gasteiger partial charge in [0.1, 0.15) is 0 Å². The van der Waals surface area contributed by atoms with Gasteiger partial charge in [-0.05, 0) is 17.8 Å². The molecule has 1 N–H and O–H groups in total. The van der Waals surface area contributed by atoms with Crippen molar-refractivity contribution in [1.29, 1.82) is 0 Å². The largest absolute Gasteiger partial charge is 0.441 e. The average Bonchev–Trinajstić information content (AvgIpc) is 2.28. The van der Waals surface area contributed by atoms with Gasteiger partial charge in [0.25, 0.3) is 5.69 Å². The van der Waals surface area contributed by atoms with Gasteiger partial charge in [-0.15, -0.1) is 0 Å². The van der Waals surface area contributed by atoms with Crippen LogP contribution in [-0.4, -0.2) is 22.7 Å². The maximum absolute atomic E-state index is 13.3. The summed E-state index contributed by atoms with van der Waals surface area (Å²) < 4.78 is 61.7. The molecule has 0 unspecified atom stereocenters. The van der Waals surface area contributed by atoms with Crippen LogP contribution in [0.3, 0.4) is 0 Å². The molecule has 106 valence electrons. The first-order chi connectivity index (χ1) is 8.72. The van der Waals surface area contributed by atoms with Crippen molar-refractivity contribution in [2.75, 3.05) is 17.6 Å². The molecule has 0 radical (unpaired) electrons. The fourth-order valence-electron chi connectivity index (χ4n) is 1.20. The minimum absolute atomic E-state index is 0.371. The van der Waals surface area contributed by atoms with Crippen LogP contribution in [0.25, 0.3) is 0 Å². The van der Waals surface area contributed by atoms with Crippen LogP contribution in [0, 0.1) is 21.7 Å². The van der Waals surface area contributed by atoms with E-state index in [9.17, 15) is 32.1 Å². The Bertz CT molecular complexity index is 480. The molecule has 0 atom stereocenters.